The van der Waals surface area contributed by atoms with E-state index in [2.05, 4.69) is 66.8 Å². The van der Waals surface area contributed by atoms with E-state index in [1.165, 1.54) is 29.5 Å². The first-order chi connectivity index (χ1) is 9.83. The zero-order valence-corrected chi connectivity index (χ0v) is 12.6. The first-order valence-corrected chi connectivity index (χ1v) is 7.60. The van der Waals surface area contributed by atoms with Crippen LogP contribution in [0.15, 0.2) is 54.6 Å². The molecule has 0 radical (unpaired) electrons. The third-order valence-electron chi connectivity index (χ3n) is 3.73. The second kappa shape index (κ2) is 7.86. The Bertz CT molecular complexity index is 504. The molecule has 2 aromatic carbocycles. The molecule has 2 aromatic rings. The van der Waals surface area contributed by atoms with Crippen molar-refractivity contribution in [3.63, 3.8) is 0 Å². The molecular weight excluding hydrogens is 242 g/mol. The Morgan fingerprint density at radius 2 is 1.70 bits per heavy atom. The molecule has 0 heterocycles. The van der Waals surface area contributed by atoms with Crippen molar-refractivity contribution in [3.8, 4) is 0 Å². The van der Waals surface area contributed by atoms with Gasteiger partial charge in [0.15, 0.2) is 0 Å². The Morgan fingerprint density at radius 1 is 0.950 bits per heavy atom. The summed E-state index contributed by atoms with van der Waals surface area (Å²) in [4.78, 5) is 0. The van der Waals surface area contributed by atoms with Crippen LogP contribution in [0.4, 0.5) is 0 Å². The van der Waals surface area contributed by atoms with E-state index in [0.29, 0.717) is 5.92 Å². The maximum absolute atomic E-state index is 3.33. The van der Waals surface area contributed by atoms with E-state index in [4.69, 9.17) is 0 Å². The molecule has 0 aliphatic heterocycles. The molecule has 0 saturated carbocycles. The smallest absolute Gasteiger partial charge is 0.00203 e. The number of likely N-dealkylation sites (N-methyl/N-ethyl adjacent to an activating group) is 1. The first kappa shape index (κ1) is 14.8. The lowest BCUT2D eigenvalue weighted by molar-refractivity contribution is 0.625. The van der Waals surface area contributed by atoms with Crippen LogP contribution in [0.2, 0.25) is 0 Å². The van der Waals surface area contributed by atoms with Crippen LogP contribution < -0.4 is 5.32 Å². The zero-order valence-electron chi connectivity index (χ0n) is 12.6. The van der Waals surface area contributed by atoms with Crippen LogP contribution in [0.25, 0.3) is 0 Å². The van der Waals surface area contributed by atoms with Crippen LogP contribution in [0, 0.1) is 0 Å². The maximum Gasteiger partial charge on any atom is 0.00203 e. The quantitative estimate of drug-likeness (QED) is 0.793. The summed E-state index contributed by atoms with van der Waals surface area (Å²) in [6.07, 6.45) is 3.49. The van der Waals surface area contributed by atoms with Crippen molar-refractivity contribution >= 4 is 0 Å². The highest BCUT2D eigenvalue weighted by molar-refractivity contribution is 5.28. The lowest BCUT2D eigenvalue weighted by Gasteiger charge is -2.17. The number of hydrogen-bond acceptors (Lipinski definition) is 1. The van der Waals surface area contributed by atoms with Crippen LogP contribution in [0.3, 0.4) is 0 Å². The van der Waals surface area contributed by atoms with Crippen LogP contribution in [0.1, 0.15) is 36.0 Å². The van der Waals surface area contributed by atoms with Gasteiger partial charge in [0, 0.05) is 12.5 Å². The van der Waals surface area contributed by atoms with E-state index >= 15 is 0 Å². The summed E-state index contributed by atoms with van der Waals surface area (Å²) in [7, 11) is 2.03. The molecule has 0 saturated heterocycles. The van der Waals surface area contributed by atoms with Gasteiger partial charge in [0.1, 0.15) is 0 Å². The summed E-state index contributed by atoms with van der Waals surface area (Å²) in [5, 5.41) is 3.33. The molecule has 1 nitrogen and oxygen atoms in total. The molecule has 20 heavy (non-hydrogen) atoms. The molecule has 2 rings (SSSR count). The topological polar surface area (TPSA) is 12.0 Å². The molecule has 1 atom stereocenters. The molecule has 0 amide bonds. The fraction of sp³-hybridized carbons (Fsp3) is 0.368. The highest BCUT2D eigenvalue weighted by Gasteiger charge is 2.11. The van der Waals surface area contributed by atoms with Crippen molar-refractivity contribution in [2.45, 2.75) is 32.1 Å². The molecule has 0 aliphatic carbocycles. The predicted octanol–water partition coefficient (Wildman–Crippen LogP) is 4.18. The van der Waals surface area contributed by atoms with Crippen LogP contribution >= 0.6 is 0 Å². The van der Waals surface area contributed by atoms with Crippen LogP contribution in [-0.4, -0.2) is 13.6 Å². The van der Waals surface area contributed by atoms with Crippen molar-refractivity contribution in [1.82, 2.24) is 5.32 Å². The van der Waals surface area contributed by atoms with Crippen molar-refractivity contribution in [2.75, 3.05) is 13.6 Å². The number of nitrogens with one attached hydrogen (secondary N) is 1. The minimum absolute atomic E-state index is 0.540. The maximum atomic E-state index is 3.33. The number of aryl methyl sites for hydroxylation is 1. The van der Waals surface area contributed by atoms with E-state index in [9.17, 15) is 0 Å². The summed E-state index contributed by atoms with van der Waals surface area (Å²) >= 11 is 0. The van der Waals surface area contributed by atoms with Gasteiger partial charge in [0.2, 0.25) is 0 Å². The summed E-state index contributed by atoms with van der Waals surface area (Å²) in [5.41, 5.74) is 4.32. The highest BCUT2D eigenvalue weighted by Crippen LogP contribution is 2.21. The molecule has 0 bridgehead atoms. The number of benzene rings is 2. The molecular formula is C19H25N. The number of hydrogen-bond donors (Lipinski definition) is 1. The molecule has 0 fully saturated rings. The lowest BCUT2D eigenvalue weighted by Crippen LogP contribution is -2.19. The molecule has 106 valence electrons. The van der Waals surface area contributed by atoms with Crippen LogP contribution in [-0.2, 0) is 12.8 Å². The van der Waals surface area contributed by atoms with Crippen molar-refractivity contribution in [1.29, 1.82) is 0 Å². The average molecular weight is 267 g/mol. The third kappa shape index (κ3) is 4.21. The third-order valence-corrected chi connectivity index (χ3v) is 3.73. The predicted molar refractivity (Wildman–Crippen MR) is 87.3 cm³/mol. The zero-order chi connectivity index (χ0) is 14.2. The molecule has 0 aromatic heterocycles. The van der Waals surface area contributed by atoms with Gasteiger partial charge in [-0.15, -0.1) is 0 Å². The van der Waals surface area contributed by atoms with Gasteiger partial charge in [0.25, 0.3) is 0 Å². The van der Waals surface area contributed by atoms with E-state index < -0.39 is 0 Å². The van der Waals surface area contributed by atoms with Gasteiger partial charge < -0.3 is 5.32 Å². The second-order valence-electron chi connectivity index (χ2n) is 5.44. The summed E-state index contributed by atoms with van der Waals surface area (Å²) in [5.74, 6) is 0.540. The Balaban J connectivity index is 2.14. The first-order valence-electron chi connectivity index (χ1n) is 7.60. The largest absolute Gasteiger partial charge is 0.319 e. The SMILES string of the molecule is CCCc1cccc(CC(CNC)c2ccccc2)c1. The van der Waals surface area contributed by atoms with Crippen molar-refractivity contribution in [2.24, 2.45) is 0 Å². The lowest BCUT2D eigenvalue weighted by atomic mass is 9.91. The van der Waals surface area contributed by atoms with Gasteiger partial charge in [-0.1, -0.05) is 67.9 Å². The molecule has 1 N–H and O–H groups in total. The second-order valence-corrected chi connectivity index (χ2v) is 5.44. The van der Waals surface area contributed by atoms with Gasteiger partial charge in [-0.05, 0) is 36.6 Å². The van der Waals surface area contributed by atoms with E-state index in [1.807, 2.05) is 7.05 Å². The van der Waals surface area contributed by atoms with E-state index in [0.717, 1.165) is 13.0 Å². The minimum Gasteiger partial charge on any atom is -0.319 e. The molecule has 0 aliphatic rings. The normalized spacial score (nSPS) is 12.3. The van der Waals surface area contributed by atoms with Gasteiger partial charge in [-0.2, -0.15) is 0 Å². The Kier molecular flexibility index (Phi) is 5.82. The summed E-state index contributed by atoms with van der Waals surface area (Å²) < 4.78 is 0. The summed E-state index contributed by atoms with van der Waals surface area (Å²) in [6.45, 7) is 3.25. The Morgan fingerprint density at radius 3 is 2.40 bits per heavy atom. The fourth-order valence-electron chi connectivity index (χ4n) is 2.76. The van der Waals surface area contributed by atoms with E-state index in [1.54, 1.807) is 0 Å². The van der Waals surface area contributed by atoms with Gasteiger partial charge in [0.05, 0.1) is 0 Å². The van der Waals surface area contributed by atoms with E-state index in [-0.39, 0.29) is 0 Å². The summed E-state index contributed by atoms with van der Waals surface area (Å²) in [6, 6.07) is 19.9. The Labute approximate surface area is 123 Å². The monoisotopic (exact) mass is 267 g/mol. The van der Waals surface area contributed by atoms with Crippen LogP contribution in [0.5, 0.6) is 0 Å². The van der Waals surface area contributed by atoms with Gasteiger partial charge in [-0.25, -0.2) is 0 Å². The molecule has 1 unspecified atom stereocenters. The average Bonchev–Trinajstić information content (AvgIpc) is 2.48. The van der Waals surface area contributed by atoms with Crippen molar-refractivity contribution < 1.29 is 0 Å². The van der Waals surface area contributed by atoms with Gasteiger partial charge >= 0.3 is 0 Å². The van der Waals surface area contributed by atoms with Crippen molar-refractivity contribution in [3.05, 3.63) is 71.3 Å². The minimum atomic E-state index is 0.540. The molecule has 1 heteroatoms. The fourth-order valence-corrected chi connectivity index (χ4v) is 2.76. The molecule has 0 spiro atoms. The van der Waals surface area contributed by atoms with Gasteiger partial charge in [-0.3, -0.25) is 0 Å². The standard InChI is InChI=1S/C19H25N/c1-3-8-16-9-7-10-17(13-16)14-19(15-20-2)18-11-5-4-6-12-18/h4-7,9-13,19-20H,3,8,14-15H2,1-2H3. The Hall–Kier alpha value is -1.60. The number of rotatable bonds is 7. The highest BCUT2D eigenvalue weighted by atomic mass is 14.8.